The molecule has 8 nitrogen and oxygen atoms in total. The molecule has 2 amide bonds. The molecule has 0 spiro atoms. The van der Waals surface area contributed by atoms with Gasteiger partial charge in [0.15, 0.2) is 0 Å². The molecule has 9 heteroatoms. The van der Waals surface area contributed by atoms with E-state index in [1.165, 1.54) is 0 Å². The van der Waals surface area contributed by atoms with E-state index < -0.39 is 18.1 Å². The molecule has 3 aromatic carbocycles. The van der Waals surface area contributed by atoms with Gasteiger partial charge in [0.25, 0.3) is 0 Å². The number of amides is 2. The van der Waals surface area contributed by atoms with E-state index in [0.717, 1.165) is 53.8 Å². The van der Waals surface area contributed by atoms with E-state index in [0.29, 0.717) is 37.6 Å². The van der Waals surface area contributed by atoms with E-state index in [4.69, 9.17) is 21.3 Å². The summed E-state index contributed by atoms with van der Waals surface area (Å²) in [6.07, 6.45) is 2.30. The first-order valence-corrected chi connectivity index (χ1v) is 15.3. The lowest BCUT2D eigenvalue weighted by atomic mass is 9.86. The summed E-state index contributed by atoms with van der Waals surface area (Å²) in [5, 5.41) is 13.1. The van der Waals surface area contributed by atoms with Crippen molar-refractivity contribution >= 4 is 34.6 Å². The van der Waals surface area contributed by atoms with Crippen LogP contribution in [0.2, 0.25) is 5.02 Å². The second kappa shape index (κ2) is 14.5. The van der Waals surface area contributed by atoms with Gasteiger partial charge in [0.1, 0.15) is 5.82 Å². The lowest BCUT2D eigenvalue weighted by molar-refractivity contribution is -0.137. The minimum atomic E-state index is -1.15. The summed E-state index contributed by atoms with van der Waals surface area (Å²) < 4.78 is 7.60. The minimum absolute atomic E-state index is 0.0386. The highest BCUT2D eigenvalue weighted by Gasteiger charge is 2.36. The third-order valence-electron chi connectivity index (χ3n) is 8.29. The van der Waals surface area contributed by atoms with Crippen LogP contribution in [0.15, 0.2) is 78.9 Å². The molecule has 0 bridgehead atoms. The lowest BCUT2D eigenvalue weighted by Gasteiger charge is -2.37. The van der Waals surface area contributed by atoms with Gasteiger partial charge in [-0.1, -0.05) is 66.2 Å². The first-order chi connectivity index (χ1) is 20.9. The van der Waals surface area contributed by atoms with Crippen molar-refractivity contribution in [3.8, 4) is 0 Å². The summed E-state index contributed by atoms with van der Waals surface area (Å²) in [5.41, 5.74) is 3.94. The average molecular weight is 603 g/mol. The molecule has 0 aliphatic carbocycles. The fraction of sp³-hybridized carbons (Fsp3) is 0.382. The van der Waals surface area contributed by atoms with Crippen molar-refractivity contribution in [1.29, 1.82) is 0 Å². The van der Waals surface area contributed by atoms with E-state index in [-0.39, 0.29) is 11.8 Å². The van der Waals surface area contributed by atoms with Crippen molar-refractivity contribution in [3.05, 3.63) is 101 Å². The second-order valence-corrected chi connectivity index (χ2v) is 11.7. The zero-order chi connectivity index (χ0) is 30.2. The first kappa shape index (κ1) is 30.6. The Kier molecular flexibility index (Phi) is 10.3. The predicted molar refractivity (Wildman–Crippen MR) is 169 cm³/mol. The van der Waals surface area contributed by atoms with Crippen molar-refractivity contribution in [1.82, 2.24) is 19.8 Å². The van der Waals surface area contributed by atoms with Gasteiger partial charge in [-0.3, -0.25) is 4.79 Å². The third kappa shape index (κ3) is 7.75. The first-order valence-electron chi connectivity index (χ1n) is 14.9. The number of fused-ring (bicyclic) bond motifs is 1. The zero-order valence-electron chi connectivity index (χ0n) is 24.5. The van der Waals surface area contributed by atoms with Crippen LogP contribution in [-0.4, -0.2) is 64.4 Å². The van der Waals surface area contributed by atoms with Crippen LogP contribution >= 0.6 is 11.6 Å². The van der Waals surface area contributed by atoms with Crippen molar-refractivity contribution < 1.29 is 19.4 Å². The SMILES string of the molecule is COCCCn1c([C@@H]2CCCN(C(=O)C(Cc3ccccc3)[C@@H](Cc3ccc(Cl)cc3)NC(=O)O)C2)nc2ccccc21. The second-order valence-electron chi connectivity index (χ2n) is 11.3. The molecule has 0 radical (unpaired) electrons. The molecule has 1 fully saturated rings. The Labute approximate surface area is 257 Å². The maximum absolute atomic E-state index is 14.4. The summed E-state index contributed by atoms with van der Waals surface area (Å²) in [6.45, 7) is 2.62. The van der Waals surface area contributed by atoms with Crippen LogP contribution in [0.1, 0.15) is 42.1 Å². The van der Waals surface area contributed by atoms with E-state index in [9.17, 15) is 14.7 Å². The normalized spacial score (nSPS) is 16.6. The molecular weight excluding hydrogens is 564 g/mol. The van der Waals surface area contributed by atoms with Gasteiger partial charge in [0, 0.05) is 50.3 Å². The van der Waals surface area contributed by atoms with Gasteiger partial charge in [-0.25, -0.2) is 9.78 Å². The number of likely N-dealkylation sites (tertiary alicyclic amines) is 1. The molecule has 2 heterocycles. The Morgan fingerprint density at radius 3 is 2.49 bits per heavy atom. The summed E-state index contributed by atoms with van der Waals surface area (Å²) in [7, 11) is 1.71. The van der Waals surface area contributed by atoms with Crippen LogP contribution in [0.5, 0.6) is 0 Å². The van der Waals surface area contributed by atoms with Crippen molar-refractivity contribution in [2.75, 3.05) is 26.8 Å². The van der Waals surface area contributed by atoms with E-state index in [1.54, 1.807) is 19.2 Å². The van der Waals surface area contributed by atoms with Crippen LogP contribution in [-0.2, 0) is 28.9 Å². The molecule has 4 aromatic rings. The van der Waals surface area contributed by atoms with Gasteiger partial charge in [-0.15, -0.1) is 0 Å². The number of rotatable bonds is 12. The number of nitrogens with one attached hydrogen (secondary N) is 1. The van der Waals surface area contributed by atoms with Gasteiger partial charge in [-0.05, 0) is 67.5 Å². The molecule has 1 aliphatic heterocycles. The molecule has 2 N–H and O–H groups in total. The monoisotopic (exact) mass is 602 g/mol. The Bertz CT molecular complexity index is 1510. The zero-order valence-corrected chi connectivity index (χ0v) is 25.2. The highest BCUT2D eigenvalue weighted by atomic mass is 35.5. The fourth-order valence-electron chi connectivity index (χ4n) is 6.23. The van der Waals surface area contributed by atoms with Gasteiger partial charge < -0.3 is 24.6 Å². The van der Waals surface area contributed by atoms with Crippen LogP contribution in [0, 0.1) is 5.92 Å². The molecule has 1 unspecified atom stereocenters. The van der Waals surface area contributed by atoms with Crippen LogP contribution in [0.3, 0.4) is 0 Å². The number of hydrogen-bond acceptors (Lipinski definition) is 4. The van der Waals surface area contributed by atoms with E-state index in [1.807, 2.05) is 65.6 Å². The van der Waals surface area contributed by atoms with Crippen LogP contribution < -0.4 is 5.32 Å². The van der Waals surface area contributed by atoms with Crippen molar-refractivity contribution in [2.45, 2.75) is 50.6 Å². The Hall–Kier alpha value is -3.88. The average Bonchev–Trinajstić information content (AvgIpc) is 3.39. The molecule has 1 aliphatic rings. The number of benzene rings is 3. The third-order valence-corrected chi connectivity index (χ3v) is 8.54. The number of hydrogen-bond donors (Lipinski definition) is 2. The Morgan fingerprint density at radius 2 is 1.74 bits per heavy atom. The van der Waals surface area contributed by atoms with E-state index >= 15 is 0 Å². The molecule has 1 saturated heterocycles. The highest BCUT2D eigenvalue weighted by molar-refractivity contribution is 6.30. The van der Waals surface area contributed by atoms with E-state index in [2.05, 4.69) is 16.0 Å². The number of carbonyl (C=O) groups is 2. The highest BCUT2D eigenvalue weighted by Crippen LogP contribution is 2.31. The number of nitrogens with zero attached hydrogens (tertiary/aromatic N) is 3. The number of piperidine rings is 1. The molecule has 0 saturated carbocycles. The number of aromatic nitrogens is 2. The number of halogens is 1. The van der Waals surface area contributed by atoms with Gasteiger partial charge in [0.05, 0.1) is 17.0 Å². The molecule has 1 aromatic heterocycles. The van der Waals surface area contributed by atoms with Crippen LogP contribution in [0.25, 0.3) is 11.0 Å². The predicted octanol–water partition coefficient (Wildman–Crippen LogP) is 6.17. The number of aryl methyl sites for hydroxylation is 1. The number of para-hydroxylation sites is 2. The quantitative estimate of drug-likeness (QED) is 0.189. The Balaban J connectivity index is 1.43. The number of carbonyl (C=O) groups excluding carboxylic acids is 1. The van der Waals surface area contributed by atoms with Gasteiger partial charge >= 0.3 is 6.09 Å². The van der Waals surface area contributed by atoms with Crippen molar-refractivity contribution in [2.24, 2.45) is 5.92 Å². The molecular formula is C34H39ClN4O4. The fourth-order valence-corrected chi connectivity index (χ4v) is 6.35. The minimum Gasteiger partial charge on any atom is -0.465 e. The largest absolute Gasteiger partial charge is 0.465 e. The van der Waals surface area contributed by atoms with Gasteiger partial charge in [-0.2, -0.15) is 0 Å². The summed E-state index contributed by atoms with van der Waals surface area (Å²) >= 11 is 6.11. The smallest absolute Gasteiger partial charge is 0.404 e. The number of methoxy groups -OCH3 is 1. The number of imidazole rings is 1. The molecule has 3 atom stereocenters. The maximum atomic E-state index is 14.4. The molecule has 5 rings (SSSR count). The van der Waals surface area contributed by atoms with Crippen LogP contribution in [0.4, 0.5) is 4.79 Å². The van der Waals surface area contributed by atoms with Crippen molar-refractivity contribution in [3.63, 3.8) is 0 Å². The number of carboxylic acid groups (broad SMARTS) is 1. The molecule has 43 heavy (non-hydrogen) atoms. The van der Waals surface area contributed by atoms with Gasteiger partial charge in [0.2, 0.25) is 5.91 Å². The number of ether oxygens (including phenoxy) is 1. The summed E-state index contributed by atoms with van der Waals surface area (Å²) in [6, 6.07) is 24.7. The summed E-state index contributed by atoms with van der Waals surface area (Å²) in [5.74, 6) is 0.444. The maximum Gasteiger partial charge on any atom is 0.404 e. The topological polar surface area (TPSA) is 96.7 Å². The molecule has 226 valence electrons. The standard InChI is InChI=1S/C34H39ClN4O4/c1-43-20-8-19-39-31-13-6-5-12-29(31)36-32(39)26-11-7-18-38(23-26)33(40)28(21-24-9-3-2-4-10-24)30(37-34(41)42)22-25-14-16-27(35)17-15-25/h2-6,9-10,12-17,26,28,30,37H,7-8,11,18-23H2,1H3,(H,41,42)/t26-,28?,30-/m1/s1. The summed E-state index contributed by atoms with van der Waals surface area (Å²) in [4.78, 5) is 33.4. The Morgan fingerprint density at radius 1 is 1.02 bits per heavy atom. The lowest BCUT2D eigenvalue weighted by Crippen LogP contribution is -2.51.